The molecule has 0 aliphatic heterocycles. The topological polar surface area (TPSA) is 163 Å². The van der Waals surface area contributed by atoms with Gasteiger partial charge in [-0.25, -0.2) is 9.97 Å². The lowest BCUT2D eigenvalue weighted by atomic mass is 10.3. The van der Waals surface area contributed by atoms with Crippen LogP contribution in [0.3, 0.4) is 0 Å². The van der Waals surface area contributed by atoms with Crippen LogP contribution >= 0.6 is 26.5 Å². The molecule has 3 aromatic rings. The molecule has 4 N–H and O–H groups in total. The van der Waals surface area contributed by atoms with E-state index >= 15 is 0 Å². The number of hydrogen-bond acceptors (Lipinski definition) is 9. The Kier molecular flexibility index (Phi) is 11.2. The van der Waals surface area contributed by atoms with Gasteiger partial charge in [-0.15, -0.1) is 0 Å². The second-order valence-corrected chi connectivity index (χ2v) is 15.6. The molecule has 1 aromatic carbocycles. The molecule has 240 valence electrons. The van der Waals surface area contributed by atoms with Crippen LogP contribution in [0.15, 0.2) is 40.5 Å². The van der Waals surface area contributed by atoms with Crippen LogP contribution in [0.25, 0.3) is 11.2 Å². The van der Waals surface area contributed by atoms with Crippen LogP contribution in [0.1, 0.15) is 26.7 Å². The van der Waals surface area contributed by atoms with Gasteiger partial charge >= 0.3 is 12.4 Å². The molecule has 0 radical (unpaired) electrons. The van der Waals surface area contributed by atoms with Crippen molar-refractivity contribution in [3.05, 3.63) is 30.6 Å². The Morgan fingerprint density at radius 1 is 1.07 bits per heavy atom. The number of alkyl halides is 6. The van der Waals surface area contributed by atoms with Gasteiger partial charge in [-0.2, -0.15) is 31.3 Å². The maximum Gasteiger partial charge on any atom is 0.398 e. The Balaban J connectivity index is 1.87. The van der Waals surface area contributed by atoms with Gasteiger partial charge in [-0.1, -0.05) is 31.2 Å². The molecule has 3 unspecified atom stereocenters. The molecule has 0 saturated carbocycles. The molecule has 2 heterocycles. The number of hydrogen-bond donors (Lipinski definition) is 3. The van der Waals surface area contributed by atoms with Crippen LogP contribution in [0.4, 0.5) is 32.3 Å². The first-order valence-corrected chi connectivity index (χ1v) is 17.2. The largest absolute Gasteiger partial charge is 0.494 e. The second-order valence-electron chi connectivity index (χ2n) is 9.57. The first-order valence-electron chi connectivity index (χ1n) is 12.6. The summed E-state index contributed by atoms with van der Waals surface area (Å²) in [5, 5.41) is 0.313. The average molecular weight is 680 g/mol. The molecule has 3 rings (SSSR count). The van der Waals surface area contributed by atoms with E-state index in [1.165, 1.54) is 22.7 Å². The van der Waals surface area contributed by atoms with Gasteiger partial charge in [-0.3, -0.25) is 9.13 Å². The van der Waals surface area contributed by atoms with Gasteiger partial charge in [0.2, 0.25) is 26.3 Å². The lowest BCUT2D eigenvalue weighted by Crippen LogP contribution is -2.30. The summed E-state index contributed by atoms with van der Waals surface area (Å²) in [6, 6.07) is 7.13. The number of nitrogens with two attached hydrogens (primary N) is 1. The normalized spacial score (nSPS) is 16.9. The first-order chi connectivity index (χ1) is 19.8. The molecule has 0 aliphatic rings. The second kappa shape index (κ2) is 13.7. The summed E-state index contributed by atoms with van der Waals surface area (Å²) in [4.78, 5) is 33.3. The minimum atomic E-state index is -5.84. The predicted molar refractivity (Wildman–Crippen MR) is 147 cm³/mol. The molecule has 0 bridgehead atoms. The van der Waals surface area contributed by atoms with Crippen LogP contribution < -0.4 is 10.5 Å². The van der Waals surface area contributed by atoms with Crippen molar-refractivity contribution in [2.45, 2.75) is 67.2 Å². The van der Waals surface area contributed by atoms with Crippen molar-refractivity contribution in [3.63, 3.8) is 0 Å². The zero-order valence-corrected chi connectivity index (χ0v) is 25.4. The summed E-state index contributed by atoms with van der Waals surface area (Å²) < 4.78 is 115. The van der Waals surface area contributed by atoms with Crippen LogP contribution in [0.5, 0.6) is 5.75 Å². The van der Waals surface area contributed by atoms with Gasteiger partial charge in [0.25, 0.3) is 0 Å². The van der Waals surface area contributed by atoms with Gasteiger partial charge in [-0.05, 0) is 31.5 Å². The fraction of sp³-hybridized carbons (Fsp3) is 0.522. The fourth-order valence-electron chi connectivity index (χ4n) is 3.88. The zero-order valence-electron chi connectivity index (χ0n) is 22.7. The van der Waals surface area contributed by atoms with Crippen molar-refractivity contribution in [2.75, 3.05) is 24.7 Å². The quantitative estimate of drug-likeness (QED) is 0.0782. The zero-order chi connectivity index (χ0) is 32.2. The van der Waals surface area contributed by atoms with Gasteiger partial charge in [0.1, 0.15) is 28.6 Å². The highest BCUT2D eigenvalue weighted by molar-refractivity contribution is 7.99. The fourth-order valence-corrected chi connectivity index (χ4v) is 9.69. The molecule has 0 saturated heterocycles. The van der Waals surface area contributed by atoms with Crippen molar-refractivity contribution in [1.82, 2.24) is 19.5 Å². The highest BCUT2D eigenvalue weighted by atomic mass is 32.2. The number of rotatable bonds is 14. The third kappa shape index (κ3) is 10.4. The Labute approximate surface area is 246 Å². The van der Waals surface area contributed by atoms with Crippen LogP contribution in [0.2, 0.25) is 0 Å². The average Bonchev–Trinajstić information content (AvgIpc) is 3.22. The Bertz CT molecular complexity index is 1470. The van der Waals surface area contributed by atoms with Crippen LogP contribution in [0, 0.1) is 0 Å². The molecule has 20 heteroatoms. The van der Waals surface area contributed by atoms with Crippen molar-refractivity contribution >= 4 is 43.6 Å². The van der Waals surface area contributed by atoms with Crippen LogP contribution in [-0.4, -0.2) is 72.3 Å². The molecule has 0 amide bonds. The van der Waals surface area contributed by atoms with E-state index in [4.69, 9.17) is 15.2 Å². The van der Waals surface area contributed by atoms with Crippen molar-refractivity contribution in [1.29, 1.82) is 0 Å². The minimum Gasteiger partial charge on any atom is -0.494 e. The Morgan fingerprint density at radius 3 is 2.28 bits per heavy atom. The van der Waals surface area contributed by atoms with Crippen molar-refractivity contribution < 1.29 is 54.7 Å². The van der Waals surface area contributed by atoms with E-state index < -0.39 is 57.6 Å². The molecule has 0 fully saturated rings. The van der Waals surface area contributed by atoms with E-state index in [9.17, 15) is 45.3 Å². The summed E-state index contributed by atoms with van der Waals surface area (Å²) in [7, 11) is -11.7. The van der Waals surface area contributed by atoms with E-state index in [0.29, 0.717) is 22.3 Å². The number of imidazole rings is 1. The van der Waals surface area contributed by atoms with Crippen LogP contribution in [-0.2, 0) is 20.4 Å². The molecule has 0 spiro atoms. The predicted octanol–water partition coefficient (Wildman–Crippen LogP) is 6.09. The monoisotopic (exact) mass is 679 g/mol. The third-order valence-corrected chi connectivity index (χ3v) is 11.9. The lowest BCUT2D eigenvalue weighted by Gasteiger charge is -2.30. The van der Waals surface area contributed by atoms with E-state index in [-0.39, 0.29) is 17.1 Å². The number of nitrogen functional groups attached to an aromatic ring is 1. The summed E-state index contributed by atoms with van der Waals surface area (Å²) >= 11 is 1.17. The SMILES string of the molecule is CCCCOc1cccc(Sc2nc(N)nc3c2ncn3CC(C)OC(P(=O)(O)CC(F)(F)F)P(=O)(O)CC(F)(F)F)c1. The number of halogens is 6. The number of unbranched alkanes of at least 4 members (excludes halogenated alkanes) is 1. The number of nitrogens with zero attached hydrogens (tertiary/aromatic N) is 4. The molecule has 3 atom stereocenters. The summed E-state index contributed by atoms with van der Waals surface area (Å²) in [6.45, 7) is 3.28. The molecular weight excluding hydrogens is 650 g/mol. The first kappa shape index (κ1) is 35.1. The lowest BCUT2D eigenvalue weighted by molar-refractivity contribution is -0.109. The van der Waals surface area contributed by atoms with Gasteiger partial charge < -0.3 is 29.6 Å². The number of aromatic nitrogens is 4. The molecule has 2 aromatic heterocycles. The maximum atomic E-state index is 12.9. The molecule has 0 aliphatic carbocycles. The summed E-state index contributed by atoms with van der Waals surface area (Å²) in [5.41, 5.74) is 3.04. The standard InChI is InChI=1S/C23H29F6N5O6P2S/c1-3-4-8-39-15-6-5-7-16(9-15)43-19-17-18(32-20(30)33-19)34(13-31-17)10-14(2)40-21(41(35,36)11-22(24,25)26)42(37,38)12-23(27,28)29/h5-7,9,13-14,21H,3-4,8,10-12H2,1-2H3,(H,35,36)(H,37,38)(H2,30,32,33). The Hall–Kier alpha value is -2.36. The number of benzene rings is 1. The smallest absolute Gasteiger partial charge is 0.398 e. The van der Waals surface area contributed by atoms with Crippen molar-refractivity contribution in [2.24, 2.45) is 0 Å². The van der Waals surface area contributed by atoms with E-state index in [2.05, 4.69) is 15.0 Å². The van der Waals surface area contributed by atoms with E-state index in [0.717, 1.165) is 19.8 Å². The summed E-state index contributed by atoms with van der Waals surface area (Å²) in [5.74, 6) is 0.440. The van der Waals surface area contributed by atoms with Crippen molar-refractivity contribution in [3.8, 4) is 5.75 Å². The summed E-state index contributed by atoms with van der Waals surface area (Å²) in [6.07, 6.45) is -14.1. The molecular formula is C23H29F6N5O6P2S. The number of ether oxygens (including phenoxy) is 2. The van der Waals surface area contributed by atoms with Gasteiger partial charge in [0.05, 0.1) is 25.6 Å². The Morgan fingerprint density at radius 2 is 1.70 bits per heavy atom. The van der Waals surface area contributed by atoms with E-state index in [1.54, 1.807) is 24.3 Å². The van der Waals surface area contributed by atoms with E-state index in [1.807, 2.05) is 6.92 Å². The van der Waals surface area contributed by atoms with Gasteiger partial charge in [0, 0.05) is 4.90 Å². The number of anilines is 1. The van der Waals surface area contributed by atoms with Gasteiger partial charge in [0.15, 0.2) is 5.65 Å². The minimum absolute atomic E-state index is 0.0993. The molecule has 11 nitrogen and oxygen atoms in total. The highest BCUT2D eigenvalue weighted by Gasteiger charge is 2.55. The maximum absolute atomic E-state index is 12.9. The highest BCUT2D eigenvalue weighted by Crippen LogP contribution is 2.67. The molecule has 43 heavy (non-hydrogen) atoms. The number of fused-ring (bicyclic) bond motifs is 1. The third-order valence-electron chi connectivity index (χ3n) is 5.55.